The van der Waals surface area contributed by atoms with Crippen LogP contribution in [0.2, 0.25) is 0 Å². The minimum atomic E-state index is -0.0442. The van der Waals surface area contributed by atoms with Gasteiger partial charge in [-0.3, -0.25) is 9.69 Å². The second-order valence-electron chi connectivity index (χ2n) is 8.48. The van der Waals surface area contributed by atoms with Gasteiger partial charge in [-0.15, -0.1) is 0 Å². The Kier molecular flexibility index (Phi) is 7.05. The van der Waals surface area contributed by atoms with Crippen LogP contribution in [0.5, 0.6) is 5.75 Å². The van der Waals surface area contributed by atoms with Gasteiger partial charge in [-0.1, -0.05) is 25.0 Å². The van der Waals surface area contributed by atoms with E-state index in [0.29, 0.717) is 18.9 Å². The summed E-state index contributed by atoms with van der Waals surface area (Å²) in [5.74, 6) is 2.56. The van der Waals surface area contributed by atoms with Gasteiger partial charge in [-0.25, -0.2) is 4.98 Å². The molecule has 0 bridgehead atoms. The summed E-state index contributed by atoms with van der Waals surface area (Å²) in [5.41, 5.74) is 1.12. The summed E-state index contributed by atoms with van der Waals surface area (Å²) in [4.78, 5) is 22.0. The van der Waals surface area contributed by atoms with Gasteiger partial charge in [-0.2, -0.15) is 0 Å². The molecule has 0 unspecified atom stereocenters. The van der Waals surface area contributed by atoms with Crippen molar-refractivity contribution in [3.63, 3.8) is 0 Å². The molecule has 6 heteroatoms. The summed E-state index contributed by atoms with van der Waals surface area (Å²) in [6.07, 6.45) is 10.5. The van der Waals surface area contributed by atoms with Crippen molar-refractivity contribution in [3.8, 4) is 5.75 Å². The fourth-order valence-electron chi connectivity index (χ4n) is 4.61. The van der Waals surface area contributed by atoms with Crippen LogP contribution in [0.4, 0.5) is 0 Å². The Balaban J connectivity index is 1.42. The molecular weight excluding hydrogens is 378 g/mol. The molecule has 0 saturated carbocycles. The third-order valence-corrected chi connectivity index (χ3v) is 6.25. The summed E-state index contributed by atoms with van der Waals surface area (Å²) < 4.78 is 11.4. The number of benzene rings is 1. The van der Waals surface area contributed by atoms with Crippen LogP contribution in [0, 0.1) is 0 Å². The number of rotatable bonds is 6. The lowest BCUT2D eigenvalue weighted by Gasteiger charge is -2.35. The van der Waals surface area contributed by atoms with Crippen molar-refractivity contribution < 1.29 is 13.9 Å². The minimum absolute atomic E-state index is 0.0442. The maximum atomic E-state index is 13.1. The molecule has 1 amide bonds. The van der Waals surface area contributed by atoms with E-state index in [0.717, 1.165) is 56.0 Å². The molecule has 0 N–H and O–H groups in total. The van der Waals surface area contributed by atoms with E-state index in [9.17, 15) is 4.79 Å². The Hall–Kier alpha value is -2.34. The number of carbonyl (C=O) groups excluding carboxylic acids is 1. The molecule has 6 nitrogen and oxygen atoms in total. The quantitative estimate of drug-likeness (QED) is 0.713. The van der Waals surface area contributed by atoms with Crippen LogP contribution in [-0.4, -0.2) is 54.0 Å². The molecule has 162 valence electrons. The topological polar surface area (TPSA) is 58.8 Å². The first kappa shape index (κ1) is 20.9. The van der Waals surface area contributed by atoms with Crippen molar-refractivity contribution in [2.75, 3.05) is 33.3 Å². The highest BCUT2D eigenvalue weighted by Gasteiger charge is 2.32. The van der Waals surface area contributed by atoms with Crippen LogP contribution >= 0.6 is 0 Å². The van der Waals surface area contributed by atoms with E-state index >= 15 is 0 Å². The van der Waals surface area contributed by atoms with Gasteiger partial charge in [-0.05, 0) is 62.9 Å². The number of carbonyl (C=O) groups is 1. The first-order valence-electron chi connectivity index (χ1n) is 11.3. The van der Waals surface area contributed by atoms with Crippen LogP contribution in [-0.2, 0) is 11.2 Å². The summed E-state index contributed by atoms with van der Waals surface area (Å²) in [7, 11) is 1.67. The second-order valence-corrected chi connectivity index (χ2v) is 8.48. The Morgan fingerprint density at radius 2 is 1.93 bits per heavy atom. The van der Waals surface area contributed by atoms with Crippen LogP contribution in [0.3, 0.4) is 0 Å². The summed E-state index contributed by atoms with van der Waals surface area (Å²) >= 11 is 0. The monoisotopic (exact) mass is 411 g/mol. The first-order chi connectivity index (χ1) is 14.7. The van der Waals surface area contributed by atoms with Crippen molar-refractivity contribution in [2.45, 2.75) is 57.4 Å². The van der Waals surface area contributed by atoms with E-state index in [2.05, 4.69) is 16.0 Å². The third-order valence-electron chi connectivity index (χ3n) is 6.25. The fourth-order valence-corrected chi connectivity index (χ4v) is 4.61. The van der Waals surface area contributed by atoms with Crippen molar-refractivity contribution in [2.24, 2.45) is 0 Å². The molecule has 2 fully saturated rings. The van der Waals surface area contributed by atoms with Crippen LogP contribution < -0.4 is 4.74 Å². The number of ether oxygens (including phenoxy) is 1. The number of aromatic nitrogens is 1. The number of likely N-dealkylation sites (tertiary alicyclic amines) is 2. The molecule has 0 radical (unpaired) electrons. The summed E-state index contributed by atoms with van der Waals surface area (Å²) in [6.45, 7) is 3.39. The lowest BCUT2D eigenvalue weighted by molar-refractivity contribution is -0.136. The van der Waals surface area contributed by atoms with Gasteiger partial charge in [0.05, 0.1) is 19.9 Å². The number of hydrogen-bond acceptors (Lipinski definition) is 5. The van der Waals surface area contributed by atoms with Crippen LogP contribution in [0.25, 0.3) is 0 Å². The average molecular weight is 412 g/mol. The molecule has 0 spiro atoms. The van der Waals surface area contributed by atoms with E-state index in [1.807, 2.05) is 23.1 Å². The van der Waals surface area contributed by atoms with Gasteiger partial charge < -0.3 is 14.1 Å². The molecule has 3 heterocycles. The number of amides is 1. The second kappa shape index (κ2) is 10.1. The lowest BCUT2D eigenvalue weighted by Crippen LogP contribution is -2.44. The fraction of sp³-hybridized carbons (Fsp3) is 0.583. The van der Waals surface area contributed by atoms with Crippen LogP contribution in [0.1, 0.15) is 68.2 Å². The Bertz CT molecular complexity index is 827. The zero-order valence-corrected chi connectivity index (χ0v) is 18.0. The van der Waals surface area contributed by atoms with Gasteiger partial charge in [0.2, 0.25) is 11.8 Å². The number of oxazole rings is 1. The lowest BCUT2D eigenvalue weighted by atomic mass is 10.0. The Morgan fingerprint density at radius 3 is 2.73 bits per heavy atom. The highest BCUT2D eigenvalue weighted by atomic mass is 16.5. The largest absolute Gasteiger partial charge is 0.497 e. The van der Waals surface area contributed by atoms with E-state index in [1.54, 1.807) is 13.3 Å². The third kappa shape index (κ3) is 5.22. The zero-order valence-electron chi connectivity index (χ0n) is 18.0. The molecule has 4 rings (SSSR count). The minimum Gasteiger partial charge on any atom is -0.497 e. The summed E-state index contributed by atoms with van der Waals surface area (Å²) in [6, 6.07) is 7.95. The molecule has 2 aliphatic heterocycles. The molecule has 30 heavy (non-hydrogen) atoms. The predicted molar refractivity (Wildman–Crippen MR) is 116 cm³/mol. The van der Waals surface area contributed by atoms with E-state index < -0.39 is 0 Å². The first-order valence-corrected chi connectivity index (χ1v) is 11.3. The molecular formula is C24H33N3O3. The molecule has 1 aromatic heterocycles. The Morgan fingerprint density at radius 1 is 1.13 bits per heavy atom. The highest BCUT2D eigenvalue weighted by molar-refractivity contribution is 5.78. The maximum Gasteiger partial charge on any atom is 0.237 e. The SMILES string of the molecule is COc1cccc(Cc2cnc([C@H]3CCCCN3C(=O)CN3CCCCCC3)o2)c1. The van der Waals surface area contributed by atoms with Crippen molar-refractivity contribution in [1.82, 2.24) is 14.8 Å². The molecule has 1 atom stereocenters. The molecule has 2 saturated heterocycles. The van der Waals surface area contributed by atoms with Gasteiger partial charge in [0.25, 0.3) is 0 Å². The van der Waals surface area contributed by atoms with E-state index in [-0.39, 0.29) is 11.9 Å². The highest BCUT2D eigenvalue weighted by Crippen LogP contribution is 2.31. The normalized spacial score (nSPS) is 20.7. The molecule has 2 aliphatic rings. The maximum absolute atomic E-state index is 13.1. The van der Waals surface area contributed by atoms with Crippen molar-refractivity contribution in [1.29, 1.82) is 0 Å². The predicted octanol–water partition coefficient (Wildman–Crippen LogP) is 4.20. The van der Waals surface area contributed by atoms with Crippen molar-refractivity contribution in [3.05, 3.63) is 47.7 Å². The Labute approximate surface area is 179 Å². The molecule has 2 aromatic rings. The van der Waals surface area contributed by atoms with E-state index in [1.165, 1.54) is 25.7 Å². The summed E-state index contributed by atoms with van der Waals surface area (Å²) in [5, 5.41) is 0. The molecule has 1 aromatic carbocycles. The van der Waals surface area contributed by atoms with Crippen LogP contribution in [0.15, 0.2) is 34.9 Å². The zero-order chi connectivity index (χ0) is 20.8. The smallest absolute Gasteiger partial charge is 0.237 e. The van der Waals surface area contributed by atoms with Gasteiger partial charge in [0.15, 0.2) is 0 Å². The number of piperidine rings is 1. The standard InChI is InChI=1S/C24H33N3O3/c1-29-20-10-8-9-19(15-20)16-21-17-25-24(30-21)22-11-4-7-14-27(22)23(28)18-26-12-5-2-3-6-13-26/h8-10,15,17,22H,2-7,11-14,16,18H2,1H3/t22-/m1/s1. The number of hydrogen-bond donors (Lipinski definition) is 0. The number of nitrogens with zero attached hydrogens (tertiary/aromatic N) is 3. The molecule has 0 aliphatic carbocycles. The average Bonchev–Trinajstić information content (AvgIpc) is 3.08. The van der Waals surface area contributed by atoms with Gasteiger partial charge in [0, 0.05) is 13.0 Å². The van der Waals surface area contributed by atoms with E-state index in [4.69, 9.17) is 9.15 Å². The number of methoxy groups -OCH3 is 1. The van der Waals surface area contributed by atoms with Gasteiger partial charge >= 0.3 is 0 Å². The van der Waals surface area contributed by atoms with Gasteiger partial charge in [0.1, 0.15) is 17.6 Å². The van der Waals surface area contributed by atoms with Crippen molar-refractivity contribution >= 4 is 5.91 Å².